The normalized spacial score (nSPS) is 33.3. The van der Waals surface area contributed by atoms with Gasteiger partial charge < -0.3 is 4.42 Å². The molecule has 1 aromatic carbocycles. The molecule has 2 amide bonds. The van der Waals surface area contributed by atoms with Crippen molar-refractivity contribution in [3.8, 4) is 11.3 Å². The van der Waals surface area contributed by atoms with Gasteiger partial charge in [-0.1, -0.05) is 12.2 Å². The van der Waals surface area contributed by atoms with Crippen LogP contribution >= 0.6 is 0 Å². The zero-order valence-corrected chi connectivity index (χ0v) is 15.8. The fourth-order valence-corrected chi connectivity index (χ4v) is 5.49. The Morgan fingerprint density at radius 3 is 2.23 bits per heavy atom. The number of carbonyl (C=O) groups excluding carboxylic acids is 2. The summed E-state index contributed by atoms with van der Waals surface area (Å²) in [5.41, 5.74) is 0.683. The number of imide groups is 1. The van der Waals surface area contributed by atoms with Crippen LogP contribution in [0.5, 0.6) is 0 Å². The highest BCUT2D eigenvalue weighted by Gasteiger charge is 2.67. The number of nitrogens with zero attached hydrogens (tertiary/aromatic N) is 3. The summed E-state index contributed by atoms with van der Waals surface area (Å²) in [5.74, 6) is 1.36. The van der Waals surface area contributed by atoms with Gasteiger partial charge in [0.25, 0.3) is 17.5 Å². The molecule has 5 aliphatic rings. The molecule has 2 saturated carbocycles. The van der Waals surface area contributed by atoms with Crippen LogP contribution in [0.3, 0.4) is 0 Å². The molecule has 3 fully saturated rings. The van der Waals surface area contributed by atoms with Crippen molar-refractivity contribution < 1.29 is 18.9 Å². The third-order valence-corrected chi connectivity index (χ3v) is 6.93. The van der Waals surface area contributed by atoms with E-state index in [0.29, 0.717) is 28.9 Å². The van der Waals surface area contributed by atoms with E-state index < -0.39 is 4.92 Å². The predicted molar refractivity (Wildman–Crippen MR) is 105 cm³/mol. The van der Waals surface area contributed by atoms with Crippen molar-refractivity contribution in [1.29, 1.82) is 0 Å². The molecule has 1 saturated heterocycles. The third-order valence-electron chi connectivity index (χ3n) is 6.93. The Bertz CT molecular complexity index is 1110. The second-order valence-corrected chi connectivity index (χ2v) is 8.39. The Kier molecular flexibility index (Phi) is 3.45. The quantitative estimate of drug-likeness (QED) is 0.256. The lowest BCUT2D eigenvalue weighted by Crippen LogP contribution is -2.40. The number of hydrogen-bond donors (Lipinski definition) is 0. The topological polar surface area (TPSA) is 106 Å². The van der Waals surface area contributed by atoms with Crippen LogP contribution in [-0.2, 0) is 9.59 Å². The molecule has 8 heteroatoms. The summed E-state index contributed by atoms with van der Waals surface area (Å²) in [5, 5.41) is 16.0. The average Bonchev–Trinajstić information content (AvgIpc) is 3.39. The van der Waals surface area contributed by atoms with Gasteiger partial charge in [-0.3, -0.25) is 19.7 Å². The summed E-state index contributed by atoms with van der Waals surface area (Å²) in [6.45, 7) is 0. The van der Waals surface area contributed by atoms with Gasteiger partial charge in [0.05, 0.1) is 23.0 Å². The molecule has 0 N–H and O–H groups in total. The van der Waals surface area contributed by atoms with Crippen LogP contribution in [0.15, 0.2) is 58.1 Å². The molecule has 1 aromatic heterocycles. The monoisotopic (exact) mass is 403 g/mol. The van der Waals surface area contributed by atoms with Crippen molar-refractivity contribution in [1.82, 2.24) is 5.01 Å². The Morgan fingerprint density at radius 1 is 1.00 bits per heavy atom. The zero-order valence-electron chi connectivity index (χ0n) is 15.8. The number of non-ortho nitro benzene ring substituents is 1. The SMILES string of the molecule is O=C1[C@@H]2[C@H]3C=C[C@@H]([C@@H]4C[C@@H]34)[C@@H]2C(=O)N1/N=C\c1ccc(-c2ccc([N+](=O)[O-])cc2)o1. The molecule has 2 bridgehead atoms. The first-order valence-corrected chi connectivity index (χ1v) is 9.98. The number of hydrazone groups is 1. The van der Waals surface area contributed by atoms with E-state index in [4.69, 9.17) is 4.42 Å². The van der Waals surface area contributed by atoms with Crippen LogP contribution < -0.4 is 0 Å². The van der Waals surface area contributed by atoms with E-state index in [9.17, 15) is 19.7 Å². The van der Waals surface area contributed by atoms with Gasteiger partial charge in [-0.15, -0.1) is 0 Å². The van der Waals surface area contributed by atoms with Crippen LogP contribution in [0.25, 0.3) is 11.3 Å². The van der Waals surface area contributed by atoms with Crippen LogP contribution in [0.1, 0.15) is 12.2 Å². The summed E-state index contributed by atoms with van der Waals surface area (Å²) in [4.78, 5) is 36.1. The summed E-state index contributed by atoms with van der Waals surface area (Å²) >= 11 is 0. The molecular formula is C22H17N3O5. The van der Waals surface area contributed by atoms with Crippen LogP contribution in [0, 0.1) is 45.6 Å². The summed E-state index contributed by atoms with van der Waals surface area (Å²) in [6.07, 6.45) is 6.75. The number of furan rings is 1. The number of nitro benzene ring substituents is 1. The molecule has 1 aliphatic heterocycles. The van der Waals surface area contributed by atoms with E-state index >= 15 is 0 Å². The van der Waals surface area contributed by atoms with Gasteiger partial charge in [0.1, 0.15) is 11.5 Å². The summed E-state index contributed by atoms with van der Waals surface area (Å²) < 4.78 is 5.72. The van der Waals surface area contributed by atoms with Gasteiger partial charge in [-0.05, 0) is 54.4 Å². The van der Waals surface area contributed by atoms with Crippen molar-refractivity contribution >= 4 is 23.7 Å². The molecule has 8 nitrogen and oxygen atoms in total. The maximum absolute atomic E-state index is 12.9. The molecule has 0 radical (unpaired) electrons. The molecule has 0 unspecified atom stereocenters. The summed E-state index contributed by atoms with van der Waals surface area (Å²) in [7, 11) is 0. The largest absolute Gasteiger partial charge is 0.455 e. The fraction of sp³-hybridized carbons (Fsp3) is 0.318. The maximum atomic E-state index is 12.9. The summed E-state index contributed by atoms with van der Waals surface area (Å²) in [6, 6.07) is 9.41. The number of benzene rings is 1. The van der Waals surface area contributed by atoms with Crippen molar-refractivity contribution in [2.45, 2.75) is 6.42 Å². The fourth-order valence-electron chi connectivity index (χ4n) is 5.49. The Balaban J connectivity index is 1.22. The molecule has 0 spiro atoms. The lowest BCUT2D eigenvalue weighted by molar-refractivity contribution is -0.384. The van der Waals surface area contributed by atoms with Crippen molar-refractivity contribution in [3.05, 3.63) is 64.4 Å². The number of nitro groups is 1. The zero-order chi connectivity index (χ0) is 20.6. The molecule has 2 aromatic rings. The van der Waals surface area contributed by atoms with Crippen molar-refractivity contribution in [2.75, 3.05) is 0 Å². The van der Waals surface area contributed by atoms with Gasteiger partial charge in [0.15, 0.2) is 0 Å². The highest BCUT2D eigenvalue weighted by Crippen LogP contribution is 2.65. The number of rotatable bonds is 4. The van der Waals surface area contributed by atoms with Crippen LogP contribution in [-0.4, -0.2) is 28.0 Å². The molecule has 2 heterocycles. The minimum atomic E-state index is -0.461. The number of amides is 2. The van der Waals surface area contributed by atoms with Gasteiger partial charge in [0, 0.05) is 17.7 Å². The Labute approximate surface area is 171 Å². The Morgan fingerprint density at radius 2 is 1.63 bits per heavy atom. The van der Waals surface area contributed by atoms with Crippen molar-refractivity contribution in [3.63, 3.8) is 0 Å². The van der Waals surface area contributed by atoms with Crippen LogP contribution in [0.2, 0.25) is 0 Å². The van der Waals surface area contributed by atoms with E-state index in [0.717, 1.165) is 11.4 Å². The van der Waals surface area contributed by atoms with Crippen molar-refractivity contribution in [2.24, 2.45) is 40.6 Å². The molecule has 4 aliphatic carbocycles. The van der Waals surface area contributed by atoms with E-state index in [-0.39, 0.29) is 41.2 Å². The molecule has 6 atom stereocenters. The highest BCUT2D eigenvalue weighted by molar-refractivity contribution is 6.06. The van der Waals surface area contributed by atoms with Gasteiger partial charge >= 0.3 is 0 Å². The first-order valence-electron chi connectivity index (χ1n) is 9.98. The van der Waals surface area contributed by atoms with E-state index in [1.807, 2.05) is 0 Å². The standard InChI is InChI=1S/C22H17N3O5/c26-21-19-14-6-7-15(17-9-16(14)17)20(19)22(27)24(21)23-10-13-5-8-18(30-13)11-1-3-12(4-2-11)25(28)29/h1-8,10,14-17,19-20H,9H2/b23-10-/t14-,15-,16-,17-,19-,20+/m0/s1. The highest BCUT2D eigenvalue weighted by atomic mass is 16.6. The van der Waals surface area contributed by atoms with E-state index in [2.05, 4.69) is 17.3 Å². The van der Waals surface area contributed by atoms with Gasteiger partial charge in [0.2, 0.25) is 0 Å². The first kappa shape index (κ1) is 17.3. The van der Waals surface area contributed by atoms with Gasteiger partial charge in [-0.2, -0.15) is 10.1 Å². The van der Waals surface area contributed by atoms with Crippen LogP contribution in [0.4, 0.5) is 5.69 Å². The average molecular weight is 403 g/mol. The first-order chi connectivity index (χ1) is 14.5. The predicted octanol–water partition coefficient (Wildman–Crippen LogP) is 3.24. The second-order valence-electron chi connectivity index (χ2n) is 8.39. The minimum Gasteiger partial charge on any atom is -0.455 e. The molecule has 7 rings (SSSR count). The lowest BCUT2D eigenvalue weighted by Gasteiger charge is -2.37. The number of carbonyl (C=O) groups is 2. The second kappa shape index (κ2) is 5.98. The number of allylic oxidation sites excluding steroid dienone is 2. The third kappa shape index (κ3) is 2.36. The molecule has 30 heavy (non-hydrogen) atoms. The lowest BCUT2D eigenvalue weighted by atomic mass is 9.63. The Hall–Kier alpha value is -3.55. The van der Waals surface area contributed by atoms with E-state index in [1.54, 1.807) is 24.3 Å². The molecular weight excluding hydrogens is 386 g/mol. The van der Waals surface area contributed by atoms with Gasteiger partial charge in [-0.25, -0.2) is 0 Å². The maximum Gasteiger partial charge on any atom is 0.269 e. The number of hydrogen-bond acceptors (Lipinski definition) is 6. The van der Waals surface area contributed by atoms with E-state index in [1.165, 1.54) is 18.3 Å². The smallest absolute Gasteiger partial charge is 0.269 e. The molecule has 150 valence electrons. The minimum absolute atomic E-state index is 0.000658.